The van der Waals surface area contributed by atoms with Gasteiger partial charge in [0.05, 0.1) is 6.10 Å². The fourth-order valence-electron chi connectivity index (χ4n) is 5.90. The van der Waals surface area contributed by atoms with Gasteiger partial charge >= 0.3 is 0 Å². The van der Waals surface area contributed by atoms with Gasteiger partial charge in [-0.3, -0.25) is 4.90 Å². The molecule has 0 amide bonds. The molecule has 0 radical (unpaired) electrons. The van der Waals surface area contributed by atoms with Crippen LogP contribution < -0.4 is 0 Å². The number of unbranched alkanes of at least 4 members (excludes halogenated alkanes) is 1. The average Bonchev–Trinajstić information content (AvgIpc) is 3.50. The summed E-state index contributed by atoms with van der Waals surface area (Å²) in [4.78, 5) is 5.32. The van der Waals surface area contributed by atoms with Gasteiger partial charge in [0.1, 0.15) is 0 Å². The molecule has 188 valence electrons. The third kappa shape index (κ3) is 7.21. The van der Waals surface area contributed by atoms with Crippen molar-refractivity contribution in [1.82, 2.24) is 9.80 Å². The molecule has 2 aromatic rings. The Morgan fingerprint density at radius 1 is 1.12 bits per heavy atom. The molecule has 3 heterocycles. The van der Waals surface area contributed by atoms with Crippen LogP contribution in [-0.2, 0) is 11.3 Å². The first-order chi connectivity index (χ1) is 16.6. The fourth-order valence-corrected chi connectivity index (χ4v) is 7.09. The van der Waals surface area contributed by atoms with Gasteiger partial charge < -0.3 is 9.64 Å². The Bertz CT molecular complexity index is 869. The number of ether oxygens (including phenoxy) is 1. The number of benzene rings is 1. The van der Waals surface area contributed by atoms with E-state index in [1.165, 1.54) is 69.3 Å². The minimum Gasteiger partial charge on any atom is -0.381 e. The summed E-state index contributed by atoms with van der Waals surface area (Å²) in [5.74, 6) is 2.08. The maximum absolute atomic E-state index is 6.50. The van der Waals surface area contributed by atoms with Gasteiger partial charge in [-0.15, -0.1) is 0 Å². The zero-order valence-electron chi connectivity index (χ0n) is 20.7. The van der Waals surface area contributed by atoms with E-state index >= 15 is 0 Å². The molecule has 0 N–H and O–H groups in total. The molecule has 0 spiro atoms. The molecule has 2 aliphatic heterocycles. The van der Waals surface area contributed by atoms with E-state index in [2.05, 4.69) is 39.6 Å². The number of rotatable bonds is 11. The van der Waals surface area contributed by atoms with Crippen molar-refractivity contribution in [3.05, 3.63) is 56.2 Å². The topological polar surface area (TPSA) is 15.7 Å². The van der Waals surface area contributed by atoms with E-state index in [9.17, 15) is 0 Å². The number of methoxy groups -OCH3 is 1. The zero-order valence-corrected chi connectivity index (χ0v) is 23.1. The largest absolute Gasteiger partial charge is 0.381 e. The van der Waals surface area contributed by atoms with Crippen LogP contribution in [0.1, 0.15) is 62.5 Å². The van der Waals surface area contributed by atoms with Gasteiger partial charge in [-0.1, -0.05) is 49.0 Å². The standard InChI is InChI=1S/C28H40Cl2N2OS/c1-3-4-5-26(33-2)14-21-8-11-31(12-9-21)17-24-18-32(19-27(24)23-10-13-34-20-23)16-22-6-7-25(29)15-28(22)30/h6-7,10,13,15,20-21,24,26-27H,3-5,8-9,11-12,14,16-19H2,1-2H3/t24?,26-,27?/m0/s1. The quantitative estimate of drug-likeness (QED) is 0.302. The summed E-state index contributed by atoms with van der Waals surface area (Å²) in [6, 6.07) is 8.22. The molecule has 2 unspecified atom stereocenters. The molecule has 0 bridgehead atoms. The van der Waals surface area contributed by atoms with E-state index in [1.54, 1.807) is 0 Å². The molecule has 0 saturated carbocycles. The summed E-state index contributed by atoms with van der Waals surface area (Å²) in [6.07, 6.45) is 8.05. The molecule has 2 aliphatic rings. The van der Waals surface area contributed by atoms with Crippen LogP contribution in [0.3, 0.4) is 0 Å². The second-order valence-electron chi connectivity index (χ2n) is 10.3. The molecule has 34 heavy (non-hydrogen) atoms. The van der Waals surface area contributed by atoms with Crippen LogP contribution in [0.5, 0.6) is 0 Å². The highest BCUT2D eigenvalue weighted by Gasteiger charge is 2.36. The Kier molecular flexibility index (Phi) is 10.2. The van der Waals surface area contributed by atoms with Gasteiger partial charge in [-0.25, -0.2) is 0 Å². The smallest absolute Gasteiger partial charge is 0.0574 e. The summed E-state index contributed by atoms with van der Waals surface area (Å²) in [6.45, 7) is 9.04. The monoisotopic (exact) mass is 522 g/mol. The lowest BCUT2D eigenvalue weighted by atomic mass is 9.87. The molecule has 1 aromatic heterocycles. The average molecular weight is 524 g/mol. The van der Waals surface area contributed by atoms with E-state index in [0.717, 1.165) is 30.6 Å². The van der Waals surface area contributed by atoms with Gasteiger partial charge in [-0.2, -0.15) is 11.3 Å². The van der Waals surface area contributed by atoms with Crippen LogP contribution in [0, 0.1) is 11.8 Å². The van der Waals surface area contributed by atoms with Crippen LogP contribution in [0.4, 0.5) is 0 Å². The first kappa shape index (κ1) is 26.4. The summed E-state index contributed by atoms with van der Waals surface area (Å²) >= 11 is 14.4. The van der Waals surface area contributed by atoms with Crippen molar-refractivity contribution < 1.29 is 4.74 Å². The van der Waals surface area contributed by atoms with Gasteiger partial charge in [-0.05, 0) is 90.7 Å². The lowest BCUT2D eigenvalue weighted by molar-refractivity contribution is 0.0549. The fraction of sp³-hybridized carbons (Fsp3) is 0.643. The van der Waals surface area contributed by atoms with E-state index in [4.69, 9.17) is 27.9 Å². The van der Waals surface area contributed by atoms with Gasteiger partial charge in [0.15, 0.2) is 0 Å². The highest BCUT2D eigenvalue weighted by Crippen LogP contribution is 2.37. The minimum atomic E-state index is 0.447. The van der Waals surface area contributed by atoms with Crippen molar-refractivity contribution in [1.29, 1.82) is 0 Å². The maximum Gasteiger partial charge on any atom is 0.0574 e. The third-order valence-corrected chi connectivity index (χ3v) is 9.19. The molecule has 3 atom stereocenters. The van der Waals surface area contributed by atoms with E-state index in [0.29, 0.717) is 23.0 Å². The van der Waals surface area contributed by atoms with Crippen molar-refractivity contribution in [3.63, 3.8) is 0 Å². The number of nitrogens with zero attached hydrogens (tertiary/aromatic N) is 2. The number of halogens is 2. The minimum absolute atomic E-state index is 0.447. The summed E-state index contributed by atoms with van der Waals surface area (Å²) in [5.41, 5.74) is 2.68. The number of hydrogen-bond donors (Lipinski definition) is 0. The summed E-state index contributed by atoms with van der Waals surface area (Å²) < 4.78 is 5.79. The molecular formula is C28H40Cl2N2OS. The van der Waals surface area contributed by atoms with Gasteiger partial charge in [0, 0.05) is 49.3 Å². The van der Waals surface area contributed by atoms with Crippen molar-refractivity contribution >= 4 is 34.5 Å². The molecule has 3 nitrogen and oxygen atoms in total. The van der Waals surface area contributed by atoms with E-state index in [1.807, 2.05) is 30.6 Å². The normalized spacial score (nSPS) is 23.5. The predicted molar refractivity (Wildman–Crippen MR) is 146 cm³/mol. The first-order valence-electron chi connectivity index (χ1n) is 13.0. The Hall–Kier alpha value is -0.620. The molecular weight excluding hydrogens is 483 g/mol. The van der Waals surface area contributed by atoms with Gasteiger partial charge in [0.25, 0.3) is 0 Å². The van der Waals surface area contributed by atoms with Crippen LogP contribution >= 0.6 is 34.5 Å². The van der Waals surface area contributed by atoms with Crippen molar-refractivity contribution in [3.8, 4) is 0 Å². The highest BCUT2D eigenvalue weighted by molar-refractivity contribution is 7.08. The summed E-state index contributed by atoms with van der Waals surface area (Å²) in [5, 5.41) is 6.05. The number of piperidine rings is 1. The number of likely N-dealkylation sites (tertiary alicyclic amines) is 2. The van der Waals surface area contributed by atoms with E-state index < -0.39 is 0 Å². The Labute approximate surface area is 220 Å². The predicted octanol–water partition coefficient (Wildman–Crippen LogP) is 7.58. The third-order valence-electron chi connectivity index (χ3n) is 7.91. The maximum atomic E-state index is 6.50. The van der Waals surface area contributed by atoms with Gasteiger partial charge in [0.2, 0.25) is 0 Å². The first-order valence-corrected chi connectivity index (χ1v) is 14.7. The second-order valence-corrected chi connectivity index (χ2v) is 12.0. The Balaban J connectivity index is 1.33. The van der Waals surface area contributed by atoms with Crippen LogP contribution in [0.2, 0.25) is 10.0 Å². The van der Waals surface area contributed by atoms with Crippen molar-refractivity contribution in [2.45, 2.75) is 64.0 Å². The second kappa shape index (κ2) is 13.1. The SMILES string of the molecule is CCCC[C@@H](CC1CCN(CC2CN(Cc3ccc(Cl)cc3Cl)CC2c2ccsc2)CC1)OC. The molecule has 6 heteroatoms. The number of thiophene rings is 1. The van der Waals surface area contributed by atoms with Crippen molar-refractivity contribution in [2.24, 2.45) is 11.8 Å². The lowest BCUT2D eigenvalue weighted by Gasteiger charge is -2.35. The highest BCUT2D eigenvalue weighted by atomic mass is 35.5. The van der Waals surface area contributed by atoms with E-state index in [-0.39, 0.29) is 0 Å². The molecule has 2 saturated heterocycles. The van der Waals surface area contributed by atoms with Crippen LogP contribution in [0.15, 0.2) is 35.0 Å². The molecule has 4 rings (SSSR count). The Morgan fingerprint density at radius 3 is 2.62 bits per heavy atom. The lowest BCUT2D eigenvalue weighted by Crippen LogP contribution is -2.39. The van der Waals surface area contributed by atoms with Crippen LogP contribution in [-0.4, -0.2) is 55.7 Å². The zero-order chi connectivity index (χ0) is 23.9. The van der Waals surface area contributed by atoms with Crippen LogP contribution in [0.25, 0.3) is 0 Å². The summed E-state index contributed by atoms with van der Waals surface area (Å²) in [7, 11) is 1.89. The molecule has 2 fully saturated rings. The molecule has 0 aliphatic carbocycles. The van der Waals surface area contributed by atoms with Crippen molar-refractivity contribution in [2.75, 3.05) is 39.8 Å². The molecule has 1 aromatic carbocycles. The number of hydrogen-bond acceptors (Lipinski definition) is 4. The Morgan fingerprint density at radius 2 is 1.94 bits per heavy atom.